The van der Waals surface area contributed by atoms with Crippen molar-refractivity contribution in [1.82, 2.24) is 14.7 Å². The van der Waals surface area contributed by atoms with Crippen molar-refractivity contribution in [3.63, 3.8) is 0 Å². The molecule has 1 atom stereocenters. The quantitative estimate of drug-likeness (QED) is 0.874. The maximum absolute atomic E-state index is 12.5. The van der Waals surface area contributed by atoms with Gasteiger partial charge in [-0.15, -0.1) is 0 Å². The van der Waals surface area contributed by atoms with Crippen molar-refractivity contribution in [3.05, 3.63) is 52.3 Å². The van der Waals surface area contributed by atoms with E-state index in [4.69, 9.17) is 0 Å². The highest BCUT2D eigenvalue weighted by atomic mass is 16.2. The lowest BCUT2D eigenvalue weighted by Gasteiger charge is -2.21. The fraction of sp³-hybridized carbons (Fsp3) is 0.389. The summed E-state index contributed by atoms with van der Waals surface area (Å²) in [6.45, 7) is 5.31. The maximum Gasteiger partial charge on any atom is 0.267 e. The van der Waals surface area contributed by atoms with E-state index in [1.165, 1.54) is 16.3 Å². The van der Waals surface area contributed by atoms with Crippen LogP contribution in [0.15, 0.2) is 41.2 Å². The average molecular weight is 311 g/mol. The van der Waals surface area contributed by atoms with E-state index in [1.807, 2.05) is 36.1 Å². The van der Waals surface area contributed by atoms with E-state index in [0.717, 1.165) is 31.5 Å². The van der Waals surface area contributed by atoms with Crippen molar-refractivity contribution in [1.29, 1.82) is 0 Å². The zero-order valence-corrected chi connectivity index (χ0v) is 13.5. The Kier molecular flexibility index (Phi) is 4.28. The van der Waals surface area contributed by atoms with E-state index in [9.17, 15) is 9.59 Å². The van der Waals surface area contributed by atoms with Gasteiger partial charge in [-0.3, -0.25) is 9.59 Å². The summed E-state index contributed by atoms with van der Waals surface area (Å²) in [5.41, 5.74) is 2.55. The molecular weight excluding hydrogens is 290 g/mol. The van der Waals surface area contributed by atoms with Crippen LogP contribution in [0.4, 0.5) is 0 Å². The molecule has 0 saturated carbocycles. The molecule has 120 valence electrons. The van der Waals surface area contributed by atoms with Gasteiger partial charge >= 0.3 is 0 Å². The molecule has 0 N–H and O–H groups in total. The van der Waals surface area contributed by atoms with Crippen LogP contribution in [0.25, 0.3) is 11.3 Å². The molecule has 0 unspecified atom stereocenters. The van der Waals surface area contributed by atoms with Crippen molar-refractivity contribution < 1.29 is 4.79 Å². The average Bonchev–Trinajstić information content (AvgIpc) is 3.09. The molecule has 5 nitrogen and oxygen atoms in total. The van der Waals surface area contributed by atoms with E-state index < -0.39 is 6.04 Å². The summed E-state index contributed by atoms with van der Waals surface area (Å²) in [6, 6.07) is 10.6. The first-order valence-electron chi connectivity index (χ1n) is 8.02. The Hall–Kier alpha value is -2.43. The molecule has 5 heteroatoms. The molecule has 1 aliphatic rings. The lowest BCUT2D eigenvalue weighted by molar-refractivity contribution is -0.133. The molecule has 1 aliphatic heterocycles. The van der Waals surface area contributed by atoms with E-state index in [0.29, 0.717) is 5.69 Å². The van der Waals surface area contributed by atoms with Crippen LogP contribution in [0.3, 0.4) is 0 Å². The van der Waals surface area contributed by atoms with Crippen LogP contribution >= 0.6 is 0 Å². The molecule has 1 aromatic carbocycles. The van der Waals surface area contributed by atoms with Gasteiger partial charge in [0.1, 0.15) is 6.04 Å². The van der Waals surface area contributed by atoms with Crippen LogP contribution < -0.4 is 5.56 Å². The number of hydrogen-bond acceptors (Lipinski definition) is 3. The van der Waals surface area contributed by atoms with Crippen LogP contribution in [-0.4, -0.2) is 33.7 Å². The lowest BCUT2D eigenvalue weighted by atomic mass is 10.1. The highest BCUT2D eigenvalue weighted by molar-refractivity contribution is 5.80. The van der Waals surface area contributed by atoms with Gasteiger partial charge in [0.25, 0.3) is 5.56 Å². The van der Waals surface area contributed by atoms with Crippen LogP contribution in [0, 0.1) is 6.92 Å². The molecule has 23 heavy (non-hydrogen) atoms. The number of carbonyl (C=O) groups excluding carboxylic acids is 1. The molecule has 1 amide bonds. The number of aromatic nitrogens is 2. The number of carbonyl (C=O) groups is 1. The lowest BCUT2D eigenvalue weighted by Crippen LogP contribution is -2.38. The predicted molar refractivity (Wildman–Crippen MR) is 89.2 cm³/mol. The standard InChI is InChI=1S/C18H21N3O2/c1-13-5-7-15(8-6-13)16-9-10-17(22)21(19-16)14(2)18(23)20-11-3-4-12-20/h5-10,14H,3-4,11-12H2,1-2H3/t14-/m1/s1. The van der Waals surface area contributed by atoms with Gasteiger partial charge in [-0.2, -0.15) is 5.10 Å². The summed E-state index contributed by atoms with van der Waals surface area (Å²) in [5, 5.41) is 4.42. The highest BCUT2D eigenvalue weighted by Crippen LogP contribution is 2.18. The molecule has 0 bridgehead atoms. The smallest absolute Gasteiger partial charge is 0.267 e. The minimum atomic E-state index is -0.578. The fourth-order valence-electron chi connectivity index (χ4n) is 2.89. The Bertz CT molecular complexity index is 759. The van der Waals surface area contributed by atoms with Gasteiger partial charge in [0.2, 0.25) is 5.91 Å². The van der Waals surface area contributed by atoms with E-state index in [-0.39, 0.29) is 11.5 Å². The van der Waals surface area contributed by atoms with Crippen molar-refractivity contribution in [2.45, 2.75) is 32.7 Å². The Balaban J connectivity index is 1.92. The van der Waals surface area contributed by atoms with Crippen LogP contribution in [-0.2, 0) is 4.79 Å². The van der Waals surface area contributed by atoms with E-state index in [1.54, 1.807) is 13.0 Å². The van der Waals surface area contributed by atoms with Crippen molar-refractivity contribution in [2.75, 3.05) is 13.1 Å². The molecule has 1 aromatic heterocycles. The molecular formula is C18H21N3O2. The summed E-state index contributed by atoms with van der Waals surface area (Å²) < 4.78 is 1.30. The normalized spacial score (nSPS) is 15.7. The second-order valence-electron chi connectivity index (χ2n) is 6.08. The third kappa shape index (κ3) is 3.18. The Morgan fingerprint density at radius 2 is 1.74 bits per heavy atom. The molecule has 0 radical (unpaired) electrons. The zero-order valence-electron chi connectivity index (χ0n) is 13.5. The number of aryl methyl sites for hydroxylation is 1. The Morgan fingerprint density at radius 1 is 1.09 bits per heavy atom. The van der Waals surface area contributed by atoms with Crippen molar-refractivity contribution >= 4 is 5.91 Å². The minimum absolute atomic E-state index is 0.0295. The largest absolute Gasteiger partial charge is 0.341 e. The van der Waals surface area contributed by atoms with E-state index in [2.05, 4.69) is 5.10 Å². The van der Waals surface area contributed by atoms with Gasteiger partial charge in [0, 0.05) is 24.7 Å². The van der Waals surface area contributed by atoms with Crippen molar-refractivity contribution in [2.24, 2.45) is 0 Å². The summed E-state index contributed by atoms with van der Waals surface area (Å²) in [6.07, 6.45) is 2.06. The monoisotopic (exact) mass is 311 g/mol. The first-order valence-corrected chi connectivity index (χ1v) is 8.02. The zero-order chi connectivity index (χ0) is 16.4. The summed E-state index contributed by atoms with van der Waals surface area (Å²) >= 11 is 0. The number of rotatable bonds is 3. The molecule has 1 fully saturated rings. The highest BCUT2D eigenvalue weighted by Gasteiger charge is 2.25. The van der Waals surface area contributed by atoms with Crippen LogP contribution in [0.5, 0.6) is 0 Å². The molecule has 1 saturated heterocycles. The summed E-state index contributed by atoms with van der Waals surface area (Å²) in [5.74, 6) is -0.0295. The SMILES string of the molecule is Cc1ccc(-c2ccc(=O)n([C@H](C)C(=O)N3CCCC3)n2)cc1. The number of hydrogen-bond donors (Lipinski definition) is 0. The van der Waals surface area contributed by atoms with Gasteiger partial charge in [0.15, 0.2) is 0 Å². The molecule has 3 rings (SSSR count). The summed E-state index contributed by atoms with van der Waals surface area (Å²) in [7, 11) is 0. The number of likely N-dealkylation sites (tertiary alicyclic amines) is 1. The Labute approximate surface area is 135 Å². The van der Waals surface area contributed by atoms with Gasteiger partial charge in [0.05, 0.1) is 5.69 Å². The van der Waals surface area contributed by atoms with Gasteiger partial charge in [-0.25, -0.2) is 4.68 Å². The van der Waals surface area contributed by atoms with Gasteiger partial charge < -0.3 is 4.90 Å². The van der Waals surface area contributed by atoms with E-state index >= 15 is 0 Å². The molecule has 0 aliphatic carbocycles. The first-order chi connectivity index (χ1) is 11.1. The number of amides is 1. The Morgan fingerprint density at radius 3 is 2.39 bits per heavy atom. The van der Waals surface area contributed by atoms with Crippen LogP contribution in [0.1, 0.15) is 31.4 Å². The predicted octanol–water partition coefficient (Wildman–Crippen LogP) is 2.40. The van der Waals surface area contributed by atoms with Crippen molar-refractivity contribution in [3.8, 4) is 11.3 Å². The molecule has 2 heterocycles. The van der Waals surface area contributed by atoms with Gasteiger partial charge in [-0.1, -0.05) is 29.8 Å². The van der Waals surface area contributed by atoms with Gasteiger partial charge in [-0.05, 0) is 32.8 Å². The third-order valence-corrected chi connectivity index (χ3v) is 4.31. The minimum Gasteiger partial charge on any atom is -0.341 e. The second-order valence-corrected chi connectivity index (χ2v) is 6.08. The third-order valence-electron chi connectivity index (χ3n) is 4.31. The first kappa shape index (κ1) is 15.5. The maximum atomic E-state index is 12.5. The fourth-order valence-corrected chi connectivity index (χ4v) is 2.89. The molecule has 0 spiro atoms. The molecule has 2 aromatic rings. The van der Waals surface area contributed by atoms with Crippen LogP contribution in [0.2, 0.25) is 0 Å². The second kappa shape index (κ2) is 6.36. The number of nitrogens with zero attached hydrogens (tertiary/aromatic N) is 3. The topological polar surface area (TPSA) is 55.2 Å². The number of benzene rings is 1. The summed E-state index contributed by atoms with van der Waals surface area (Å²) in [4.78, 5) is 26.5.